The normalized spacial score (nSPS) is 23.2. The first kappa shape index (κ1) is 13.3. The van der Waals surface area contributed by atoms with E-state index in [0.717, 1.165) is 38.0 Å². The Morgan fingerprint density at radius 1 is 1.28 bits per heavy atom. The van der Waals surface area contributed by atoms with Crippen LogP contribution in [0.1, 0.15) is 12.5 Å². The largest absolute Gasteiger partial charge is 0.316 e. The summed E-state index contributed by atoms with van der Waals surface area (Å²) in [6.45, 7) is 10.3. The molecular formula is C16H24N2. The standard InChI is InChI=1S/C16H24N2/c1-13(2)9-17-11-16-12-18-10-15(16)8-14-6-4-3-5-7-14/h3-7,15-18H,1,8-12H2,2H3/t15-,16-/m1/s1. The number of rotatable bonds is 6. The van der Waals surface area contributed by atoms with Crippen LogP contribution in [0.5, 0.6) is 0 Å². The third-order valence-electron chi connectivity index (χ3n) is 3.65. The van der Waals surface area contributed by atoms with E-state index in [1.807, 2.05) is 0 Å². The Hall–Kier alpha value is -1.12. The van der Waals surface area contributed by atoms with E-state index in [4.69, 9.17) is 0 Å². The maximum Gasteiger partial charge on any atom is 0.0159 e. The molecule has 0 saturated carbocycles. The quantitative estimate of drug-likeness (QED) is 0.750. The van der Waals surface area contributed by atoms with Gasteiger partial charge in [-0.25, -0.2) is 0 Å². The van der Waals surface area contributed by atoms with Crippen molar-refractivity contribution >= 4 is 0 Å². The molecule has 0 bridgehead atoms. The van der Waals surface area contributed by atoms with E-state index in [-0.39, 0.29) is 0 Å². The van der Waals surface area contributed by atoms with Gasteiger partial charge in [-0.1, -0.05) is 42.5 Å². The van der Waals surface area contributed by atoms with E-state index < -0.39 is 0 Å². The molecule has 0 amide bonds. The molecule has 0 aliphatic carbocycles. The Labute approximate surface area is 110 Å². The lowest BCUT2D eigenvalue weighted by Crippen LogP contribution is -2.29. The summed E-state index contributed by atoms with van der Waals surface area (Å²) in [5.74, 6) is 1.49. The fourth-order valence-electron chi connectivity index (χ4n) is 2.65. The van der Waals surface area contributed by atoms with Gasteiger partial charge in [-0.15, -0.1) is 0 Å². The molecule has 1 aliphatic heterocycles. The first-order valence-electron chi connectivity index (χ1n) is 6.85. The predicted molar refractivity (Wildman–Crippen MR) is 77.7 cm³/mol. The van der Waals surface area contributed by atoms with Crippen molar-refractivity contribution in [1.29, 1.82) is 0 Å². The lowest BCUT2D eigenvalue weighted by Gasteiger charge is -2.19. The molecule has 0 radical (unpaired) electrons. The summed E-state index contributed by atoms with van der Waals surface area (Å²) in [6.07, 6.45) is 1.19. The van der Waals surface area contributed by atoms with Crippen LogP contribution in [0.4, 0.5) is 0 Å². The molecule has 2 atom stereocenters. The first-order valence-corrected chi connectivity index (χ1v) is 6.85. The van der Waals surface area contributed by atoms with Crippen LogP contribution in [0.15, 0.2) is 42.5 Å². The van der Waals surface area contributed by atoms with Crippen LogP contribution in [0.3, 0.4) is 0 Å². The van der Waals surface area contributed by atoms with Crippen molar-refractivity contribution in [2.75, 3.05) is 26.2 Å². The molecule has 98 valence electrons. The summed E-state index contributed by atoms with van der Waals surface area (Å²) in [6, 6.07) is 10.8. The Balaban J connectivity index is 1.82. The minimum Gasteiger partial charge on any atom is -0.316 e. The van der Waals surface area contributed by atoms with E-state index in [2.05, 4.69) is 54.5 Å². The SMILES string of the molecule is C=C(C)CNC[C@@H]1CNC[C@H]1Cc1ccccc1. The Morgan fingerprint density at radius 2 is 2.00 bits per heavy atom. The molecule has 2 rings (SSSR count). The van der Waals surface area contributed by atoms with E-state index in [0.29, 0.717) is 0 Å². The fourth-order valence-corrected chi connectivity index (χ4v) is 2.65. The van der Waals surface area contributed by atoms with Gasteiger partial charge in [0.2, 0.25) is 0 Å². The molecule has 0 spiro atoms. The summed E-state index contributed by atoms with van der Waals surface area (Å²) in [4.78, 5) is 0. The number of nitrogens with one attached hydrogen (secondary N) is 2. The van der Waals surface area contributed by atoms with Gasteiger partial charge in [0.05, 0.1) is 0 Å². The van der Waals surface area contributed by atoms with Gasteiger partial charge in [-0.2, -0.15) is 0 Å². The second kappa shape index (κ2) is 6.72. The van der Waals surface area contributed by atoms with Crippen molar-refractivity contribution in [3.8, 4) is 0 Å². The molecule has 1 aromatic rings. The van der Waals surface area contributed by atoms with Gasteiger partial charge in [0.1, 0.15) is 0 Å². The maximum atomic E-state index is 3.93. The molecule has 2 N–H and O–H groups in total. The average molecular weight is 244 g/mol. The van der Waals surface area contributed by atoms with Crippen molar-refractivity contribution in [3.05, 3.63) is 48.0 Å². The molecule has 0 unspecified atom stereocenters. The highest BCUT2D eigenvalue weighted by Gasteiger charge is 2.26. The Bertz CT molecular complexity index is 372. The molecule has 2 heteroatoms. The van der Waals surface area contributed by atoms with Crippen LogP contribution < -0.4 is 10.6 Å². The summed E-state index contributed by atoms with van der Waals surface area (Å²) in [7, 11) is 0. The highest BCUT2D eigenvalue weighted by atomic mass is 14.9. The van der Waals surface area contributed by atoms with Crippen molar-refractivity contribution in [2.45, 2.75) is 13.3 Å². The van der Waals surface area contributed by atoms with E-state index in [9.17, 15) is 0 Å². The van der Waals surface area contributed by atoms with E-state index in [1.165, 1.54) is 17.6 Å². The van der Waals surface area contributed by atoms with Gasteiger partial charge in [0, 0.05) is 6.54 Å². The smallest absolute Gasteiger partial charge is 0.0159 e. The molecule has 18 heavy (non-hydrogen) atoms. The van der Waals surface area contributed by atoms with Crippen molar-refractivity contribution < 1.29 is 0 Å². The van der Waals surface area contributed by atoms with Gasteiger partial charge < -0.3 is 10.6 Å². The van der Waals surface area contributed by atoms with Crippen LogP contribution in [0.25, 0.3) is 0 Å². The van der Waals surface area contributed by atoms with Gasteiger partial charge in [-0.05, 0) is 50.4 Å². The summed E-state index contributed by atoms with van der Waals surface area (Å²) in [5, 5.41) is 7.02. The molecular weight excluding hydrogens is 220 g/mol. The minimum atomic E-state index is 0.740. The van der Waals surface area contributed by atoms with Crippen molar-refractivity contribution in [3.63, 3.8) is 0 Å². The van der Waals surface area contributed by atoms with Gasteiger partial charge >= 0.3 is 0 Å². The van der Waals surface area contributed by atoms with Gasteiger partial charge in [0.25, 0.3) is 0 Å². The summed E-state index contributed by atoms with van der Waals surface area (Å²) < 4.78 is 0. The molecule has 1 fully saturated rings. The minimum absolute atomic E-state index is 0.740. The van der Waals surface area contributed by atoms with Crippen LogP contribution in [0.2, 0.25) is 0 Å². The van der Waals surface area contributed by atoms with Crippen molar-refractivity contribution in [1.82, 2.24) is 10.6 Å². The second-order valence-electron chi connectivity index (χ2n) is 5.46. The topological polar surface area (TPSA) is 24.1 Å². The van der Waals surface area contributed by atoms with Crippen LogP contribution in [0, 0.1) is 11.8 Å². The third-order valence-corrected chi connectivity index (χ3v) is 3.65. The van der Waals surface area contributed by atoms with Crippen LogP contribution in [-0.2, 0) is 6.42 Å². The monoisotopic (exact) mass is 244 g/mol. The summed E-state index contributed by atoms with van der Waals surface area (Å²) >= 11 is 0. The maximum absolute atomic E-state index is 3.93. The second-order valence-corrected chi connectivity index (χ2v) is 5.46. The Kier molecular flexibility index (Phi) is 4.97. The zero-order valence-electron chi connectivity index (χ0n) is 11.3. The number of hydrogen-bond donors (Lipinski definition) is 2. The van der Waals surface area contributed by atoms with E-state index in [1.54, 1.807) is 0 Å². The van der Waals surface area contributed by atoms with Crippen LogP contribution in [-0.4, -0.2) is 26.2 Å². The van der Waals surface area contributed by atoms with Gasteiger partial charge in [0.15, 0.2) is 0 Å². The molecule has 2 nitrogen and oxygen atoms in total. The third kappa shape index (κ3) is 3.97. The predicted octanol–water partition coefficient (Wildman–Crippen LogP) is 2.23. The van der Waals surface area contributed by atoms with Crippen molar-refractivity contribution in [2.24, 2.45) is 11.8 Å². The molecule has 0 aromatic heterocycles. The van der Waals surface area contributed by atoms with Gasteiger partial charge in [-0.3, -0.25) is 0 Å². The number of hydrogen-bond acceptors (Lipinski definition) is 2. The van der Waals surface area contributed by atoms with E-state index >= 15 is 0 Å². The lowest BCUT2D eigenvalue weighted by molar-refractivity contribution is 0.398. The zero-order valence-corrected chi connectivity index (χ0v) is 11.3. The zero-order chi connectivity index (χ0) is 12.8. The average Bonchev–Trinajstić information content (AvgIpc) is 2.78. The fraction of sp³-hybridized carbons (Fsp3) is 0.500. The van der Waals surface area contributed by atoms with Crippen LogP contribution >= 0.6 is 0 Å². The number of benzene rings is 1. The molecule has 1 aromatic carbocycles. The molecule has 1 heterocycles. The lowest BCUT2D eigenvalue weighted by atomic mass is 9.89. The summed E-state index contributed by atoms with van der Waals surface area (Å²) in [5.41, 5.74) is 2.66. The molecule has 1 aliphatic rings. The highest BCUT2D eigenvalue weighted by Crippen LogP contribution is 2.20. The molecule has 1 saturated heterocycles. The Morgan fingerprint density at radius 3 is 2.72 bits per heavy atom. The first-order chi connectivity index (χ1) is 8.75. The highest BCUT2D eigenvalue weighted by molar-refractivity contribution is 5.16.